The van der Waals surface area contributed by atoms with E-state index in [1.807, 2.05) is 7.05 Å². The van der Waals surface area contributed by atoms with Crippen LogP contribution in [0.25, 0.3) is 0 Å². The lowest BCUT2D eigenvalue weighted by molar-refractivity contribution is -0.00834. The second kappa shape index (κ2) is 8.83. The monoisotopic (exact) mass is 396 g/mol. The first-order valence-electron chi connectivity index (χ1n) is 8.45. The largest absolute Gasteiger partial charge is 0.379 e. The molecule has 0 bridgehead atoms. The number of halogens is 1. The molecule has 5 nitrogen and oxygen atoms in total. The van der Waals surface area contributed by atoms with Gasteiger partial charge in [0.25, 0.3) is 0 Å². The SMILES string of the molecule is CN=C(NCc1ccc(Br)cc1C)NCC(C)(C)N1CCOCC1. The molecule has 0 saturated carbocycles. The summed E-state index contributed by atoms with van der Waals surface area (Å²) in [6.45, 7) is 11.9. The zero-order valence-electron chi connectivity index (χ0n) is 15.2. The van der Waals surface area contributed by atoms with E-state index in [0.717, 1.165) is 49.8 Å². The van der Waals surface area contributed by atoms with E-state index in [2.05, 4.69) is 75.4 Å². The molecule has 0 aliphatic carbocycles. The molecule has 0 spiro atoms. The van der Waals surface area contributed by atoms with Gasteiger partial charge in [0.15, 0.2) is 5.96 Å². The van der Waals surface area contributed by atoms with Gasteiger partial charge >= 0.3 is 0 Å². The Hall–Kier alpha value is -1.11. The van der Waals surface area contributed by atoms with Gasteiger partial charge in [0.1, 0.15) is 0 Å². The van der Waals surface area contributed by atoms with Crippen molar-refractivity contribution in [3.05, 3.63) is 33.8 Å². The first-order valence-corrected chi connectivity index (χ1v) is 9.24. The molecule has 1 aliphatic heterocycles. The fourth-order valence-electron chi connectivity index (χ4n) is 2.84. The van der Waals surface area contributed by atoms with Gasteiger partial charge in [-0.05, 0) is 44.0 Å². The van der Waals surface area contributed by atoms with E-state index in [-0.39, 0.29) is 5.54 Å². The Morgan fingerprint density at radius 3 is 2.62 bits per heavy atom. The highest BCUT2D eigenvalue weighted by molar-refractivity contribution is 9.10. The van der Waals surface area contributed by atoms with Gasteiger partial charge in [0.05, 0.1) is 13.2 Å². The Labute approximate surface area is 154 Å². The van der Waals surface area contributed by atoms with Gasteiger partial charge < -0.3 is 15.4 Å². The molecule has 1 aliphatic rings. The Bertz CT molecular complexity index is 568. The van der Waals surface area contributed by atoms with E-state index in [1.54, 1.807) is 0 Å². The topological polar surface area (TPSA) is 48.9 Å². The van der Waals surface area contributed by atoms with Crippen molar-refractivity contribution in [2.45, 2.75) is 32.9 Å². The minimum Gasteiger partial charge on any atom is -0.379 e. The van der Waals surface area contributed by atoms with Gasteiger partial charge in [-0.3, -0.25) is 9.89 Å². The summed E-state index contributed by atoms with van der Waals surface area (Å²) >= 11 is 3.50. The molecule has 2 N–H and O–H groups in total. The second-order valence-corrected chi connectivity index (χ2v) is 7.68. The number of aliphatic imine (C=N–C) groups is 1. The first kappa shape index (κ1) is 19.2. The quantitative estimate of drug-likeness (QED) is 0.592. The molecule has 0 aromatic heterocycles. The number of rotatable bonds is 5. The number of ether oxygens (including phenoxy) is 1. The Morgan fingerprint density at radius 1 is 1.29 bits per heavy atom. The van der Waals surface area contributed by atoms with E-state index in [4.69, 9.17) is 4.74 Å². The van der Waals surface area contributed by atoms with Gasteiger partial charge in [-0.15, -0.1) is 0 Å². The lowest BCUT2D eigenvalue weighted by atomic mass is 10.0. The summed E-state index contributed by atoms with van der Waals surface area (Å²) in [5, 5.41) is 6.86. The number of hydrogen-bond acceptors (Lipinski definition) is 3. The van der Waals surface area contributed by atoms with Gasteiger partial charge in [-0.2, -0.15) is 0 Å². The molecule has 1 saturated heterocycles. The van der Waals surface area contributed by atoms with Crippen molar-refractivity contribution >= 4 is 21.9 Å². The molecule has 1 heterocycles. The smallest absolute Gasteiger partial charge is 0.191 e. The van der Waals surface area contributed by atoms with E-state index in [9.17, 15) is 0 Å². The molecule has 0 unspecified atom stereocenters. The molecular formula is C18H29BrN4O. The molecule has 0 amide bonds. The predicted molar refractivity (Wildman–Crippen MR) is 104 cm³/mol. The third-order valence-electron chi connectivity index (χ3n) is 4.53. The summed E-state index contributed by atoms with van der Waals surface area (Å²) < 4.78 is 6.56. The molecule has 0 atom stereocenters. The fourth-order valence-corrected chi connectivity index (χ4v) is 3.31. The van der Waals surface area contributed by atoms with Crippen LogP contribution in [0.4, 0.5) is 0 Å². The van der Waals surface area contributed by atoms with E-state index < -0.39 is 0 Å². The molecule has 134 valence electrons. The van der Waals surface area contributed by atoms with Crippen LogP contribution in [0.1, 0.15) is 25.0 Å². The minimum atomic E-state index is 0.0644. The van der Waals surface area contributed by atoms with Gasteiger partial charge in [-0.25, -0.2) is 0 Å². The first-order chi connectivity index (χ1) is 11.4. The molecule has 1 aromatic rings. The third-order valence-corrected chi connectivity index (χ3v) is 5.02. The van der Waals surface area contributed by atoms with Gasteiger partial charge in [0, 0.05) is 43.2 Å². The van der Waals surface area contributed by atoms with Crippen LogP contribution in [-0.2, 0) is 11.3 Å². The average molecular weight is 397 g/mol. The molecule has 24 heavy (non-hydrogen) atoms. The molecule has 6 heteroatoms. The predicted octanol–water partition coefficient (Wildman–Crippen LogP) is 2.53. The number of nitrogens with one attached hydrogen (secondary N) is 2. The van der Waals surface area contributed by atoms with E-state index >= 15 is 0 Å². The number of nitrogens with zero attached hydrogens (tertiary/aromatic N) is 2. The highest BCUT2D eigenvalue weighted by Crippen LogP contribution is 2.16. The lowest BCUT2D eigenvalue weighted by Crippen LogP contribution is -2.56. The summed E-state index contributed by atoms with van der Waals surface area (Å²) in [6.07, 6.45) is 0. The normalized spacial score (nSPS) is 17.0. The number of guanidine groups is 1. The minimum absolute atomic E-state index is 0.0644. The number of benzene rings is 1. The lowest BCUT2D eigenvalue weighted by Gasteiger charge is -2.41. The highest BCUT2D eigenvalue weighted by Gasteiger charge is 2.28. The fraction of sp³-hybridized carbons (Fsp3) is 0.611. The zero-order valence-corrected chi connectivity index (χ0v) is 16.7. The summed E-state index contributed by atoms with van der Waals surface area (Å²) in [4.78, 5) is 6.81. The van der Waals surface area contributed by atoms with Crippen molar-refractivity contribution in [1.82, 2.24) is 15.5 Å². The van der Waals surface area contributed by atoms with Crippen molar-refractivity contribution in [2.75, 3.05) is 39.9 Å². The van der Waals surface area contributed by atoms with Gasteiger partial charge in [-0.1, -0.05) is 22.0 Å². The maximum Gasteiger partial charge on any atom is 0.191 e. The van der Waals surface area contributed by atoms with Crippen LogP contribution in [0.5, 0.6) is 0 Å². The number of morpholine rings is 1. The summed E-state index contributed by atoms with van der Waals surface area (Å²) in [7, 11) is 1.81. The van der Waals surface area contributed by atoms with Crippen molar-refractivity contribution in [2.24, 2.45) is 4.99 Å². The number of aryl methyl sites for hydroxylation is 1. The van der Waals surface area contributed by atoms with Crippen molar-refractivity contribution in [1.29, 1.82) is 0 Å². The Morgan fingerprint density at radius 2 is 2.00 bits per heavy atom. The maximum atomic E-state index is 5.45. The summed E-state index contributed by atoms with van der Waals surface area (Å²) in [6, 6.07) is 6.34. The van der Waals surface area contributed by atoms with Crippen molar-refractivity contribution in [3.8, 4) is 0 Å². The van der Waals surface area contributed by atoms with Crippen LogP contribution >= 0.6 is 15.9 Å². The van der Waals surface area contributed by atoms with Gasteiger partial charge in [0.2, 0.25) is 0 Å². The zero-order chi connectivity index (χ0) is 17.6. The molecule has 0 radical (unpaired) electrons. The van der Waals surface area contributed by atoms with Crippen LogP contribution < -0.4 is 10.6 Å². The molecule has 2 rings (SSSR count). The Balaban J connectivity index is 1.85. The van der Waals surface area contributed by atoms with Crippen LogP contribution in [0.15, 0.2) is 27.7 Å². The standard InChI is InChI=1S/C18H29BrN4O/c1-14-11-16(19)6-5-15(14)12-21-17(20-4)22-13-18(2,3)23-7-9-24-10-8-23/h5-6,11H,7-10,12-13H2,1-4H3,(H2,20,21,22). The molecular weight excluding hydrogens is 368 g/mol. The summed E-state index contributed by atoms with van der Waals surface area (Å²) in [5.74, 6) is 0.832. The van der Waals surface area contributed by atoms with Crippen molar-refractivity contribution in [3.63, 3.8) is 0 Å². The van der Waals surface area contributed by atoms with Crippen LogP contribution in [0, 0.1) is 6.92 Å². The number of hydrogen-bond donors (Lipinski definition) is 2. The average Bonchev–Trinajstić information content (AvgIpc) is 2.57. The molecule has 1 aromatic carbocycles. The third kappa shape index (κ3) is 5.46. The van der Waals surface area contributed by atoms with E-state index in [0.29, 0.717) is 0 Å². The second-order valence-electron chi connectivity index (χ2n) is 6.76. The van der Waals surface area contributed by atoms with Crippen LogP contribution in [-0.4, -0.2) is 56.3 Å². The van der Waals surface area contributed by atoms with Crippen molar-refractivity contribution < 1.29 is 4.74 Å². The van der Waals surface area contributed by atoms with Crippen LogP contribution in [0.3, 0.4) is 0 Å². The van der Waals surface area contributed by atoms with Crippen LogP contribution in [0.2, 0.25) is 0 Å². The Kier molecular flexibility index (Phi) is 7.07. The highest BCUT2D eigenvalue weighted by atomic mass is 79.9. The molecule has 1 fully saturated rings. The maximum absolute atomic E-state index is 5.45. The van der Waals surface area contributed by atoms with E-state index in [1.165, 1.54) is 11.1 Å². The summed E-state index contributed by atoms with van der Waals surface area (Å²) in [5.41, 5.74) is 2.60.